The summed E-state index contributed by atoms with van der Waals surface area (Å²) in [6.07, 6.45) is 3.11. The fraction of sp³-hybridized carbons (Fsp3) is 0. The normalized spacial score (nSPS) is 10.9. The third-order valence-electron chi connectivity index (χ3n) is 4.19. The third-order valence-corrected chi connectivity index (χ3v) is 4.95. The second-order valence-electron chi connectivity index (χ2n) is 6.05. The molecule has 0 aliphatic heterocycles. The molecule has 0 atom stereocenters. The van der Waals surface area contributed by atoms with E-state index in [1.165, 1.54) is 17.7 Å². The topological polar surface area (TPSA) is 77.0 Å². The van der Waals surface area contributed by atoms with Gasteiger partial charge in [-0.1, -0.05) is 35.5 Å². The van der Waals surface area contributed by atoms with Gasteiger partial charge in [0, 0.05) is 28.3 Å². The summed E-state index contributed by atoms with van der Waals surface area (Å²) >= 11 is 1.51. The van der Waals surface area contributed by atoms with Crippen molar-refractivity contribution in [3.8, 4) is 34.0 Å². The summed E-state index contributed by atoms with van der Waals surface area (Å²) in [4.78, 5) is 8.54. The van der Waals surface area contributed by atoms with Gasteiger partial charge in [-0.15, -0.1) is 11.3 Å². The lowest BCUT2D eigenvalue weighted by Gasteiger charge is -2.03. The van der Waals surface area contributed by atoms with Crippen molar-refractivity contribution in [2.24, 2.45) is 0 Å². The van der Waals surface area contributed by atoms with Crippen molar-refractivity contribution in [2.45, 2.75) is 0 Å². The molecule has 2 aromatic carbocycles. The largest absolute Gasteiger partial charge is 0.444 e. The number of nitrogens with one attached hydrogen (secondary N) is 1. The van der Waals surface area contributed by atoms with Gasteiger partial charge in [-0.05, 0) is 24.3 Å². The van der Waals surface area contributed by atoms with Crippen LogP contribution in [0.5, 0.6) is 0 Å². The average Bonchev–Trinajstić information content (AvgIpc) is 3.50. The molecule has 6 nitrogen and oxygen atoms in total. The lowest BCUT2D eigenvalue weighted by Crippen LogP contribution is -1.89. The van der Waals surface area contributed by atoms with E-state index >= 15 is 0 Å². The van der Waals surface area contributed by atoms with Gasteiger partial charge in [0.15, 0.2) is 23.0 Å². The summed E-state index contributed by atoms with van der Waals surface area (Å²) in [6.45, 7) is 0. The number of rotatable bonds is 5. The van der Waals surface area contributed by atoms with Crippen LogP contribution in [-0.4, -0.2) is 15.1 Å². The Balaban J connectivity index is 1.32. The van der Waals surface area contributed by atoms with Gasteiger partial charge in [0.25, 0.3) is 0 Å². The summed E-state index contributed by atoms with van der Waals surface area (Å²) in [6, 6.07) is 19.7. The maximum atomic E-state index is 5.48. The highest BCUT2D eigenvalue weighted by molar-refractivity contribution is 7.14. The number of anilines is 2. The van der Waals surface area contributed by atoms with Gasteiger partial charge >= 0.3 is 0 Å². The van der Waals surface area contributed by atoms with E-state index in [0.29, 0.717) is 5.76 Å². The van der Waals surface area contributed by atoms with Crippen molar-refractivity contribution in [2.75, 3.05) is 5.32 Å². The fourth-order valence-corrected chi connectivity index (χ4v) is 3.50. The SMILES string of the molecule is c1ccc(-c2cc(-c3csc(Nc4ccc(-c5cnco5)cc4)n3)on2)cc1. The third kappa shape index (κ3) is 3.30. The molecule has 0 saturated heterocycles. The zero-order valence-corrected chi connectivity index (χ0v) is 15.4. The molecule has 0 aliphatic carbocycles. The standard InChI is InChI=1S/C21H14N4O2S/c1-2-4-14(5-3-1)17-10-19(27-25-17)18-12-28-21(24-18)23-16-8-6-15(7-9-16)20-11-22-13-26-20/h1-13H,(H,23,24). The first-order valence-corrected chi connectivity index (χ1v) is 9.47. The molecular formula is C21H14N4O2S. The van der Waals surface area contributed by atoms with Crippen LogP contribution in [0.2, 0.25) is 0 Å². The minimum atomic E-state index is 0.642. The molecule has 0 radical (unpaired) electrons. The first kappa shape index (κ1) is 16.5. The molecule has 28 heavy (non-hydrogen) atoms. The molecule has 7 heteroatoms. The van der Waals surface area contributed by atoms with Crippen LogP contribution >= 0.6 is 11.3 Å². The van der Waals surface area contributed by atoms with Crippen LogP contribution in [0.3, 0.4) is 0 Å². The number of nitrogens with zero attached hydrogens (tertiary/aromatic N) is 3. The molecule has 5 aromatic rings. The van der Waals surface area contributed by atoms with Gasteiger partial charge in [-0.25, -0.2) is 9.97 Å². The van der Waals surface area contributed by atoms with Gasteiger partial charge in [0.1, 0.15) is 11.4 Å². The van der Waals surface area contributed by atoms with Crippen LogP contribution in [0.25, 0.3) is 34.0 Å². The average molecular weight is 386 g/mol. The molecule has 0 amide bonds. The van der Waals surface area contributed by atoms with E-state index in [2.05, 4.69) is 20.4 Å². The smallest absolute Gasteiger partial charge is 0.187 e. The first-order chi connectivity index (χ1) is 13.8. The second-order valence-corrected chi connectivity index (χ2v) is 6.91. The van der Waals surface area contributed by atoms with E-state index in [1.54, 1.807) is 6.20 Å². The lowest BCUT2D eigenvalue weighted by molar-refractivity contribution is 0.434. The van der Waals surface area contributed by atoms with Crippen LogP contribution in [0, 0.1) is 0 Å². The number of hydrogen-bond acceptors (Lipinski definition) is 7. The van der Waals surface area contributed by atoms with E-state index < -0.39 is 0 Å². The van der Waals surface area contributed by atoms with Crippen molar-refractivity contribution in [1.82, 2.24) is 15.1 Å². The van der Waals surface area contributed by atoms with Gasteiger partial charge < -0.3 is 14.3 Å². The zero-order chi connectivity index (χ0) is 18.8. The van der Waals surface area contributed by atoms with Gasteiger partial charge in [-0.3, -0.25) is 0 Å². The summed E-state index contributed by atoms with van der Waals surface area (Å²) in [5, 5.41) is 10.2. The van der Waals surface area contributed by atoms with Gasteiger partial charge in [-0.2, -0.15) is 0 Å². The molecule has 1 N–H and O–H groups in total. The Kier molecular flexibility index (Phi) is 4.19. The zero-order valence-electron chi connectivity index (χ0n) is 14.6. The Labute approximate surface area is 164 Å². The number of oxazole rings is 1. The highest BCUT2D eigenvalue weighted by atomic mass is 32.1. The van der Waals surface area contributed by atoms with Crippen LogP contribution in [0.15, 0.2) is 87.6 Å². The highest BCUT2D eigenvalue weighted by Crippen LogP contribution is 2.30. The number of aromatic nitrogens is 3. The molecule has 0 bridgehead atoms. The van der Waals surface area contributed by atoms with Crippen LogP contribution < -0.4 is 5.32 Å². The van der Waals surface area contributed by atoms with E-state index in [9.17, 15) is 0 Å². The minimum Gasteiger partial charge on any atom is -0.444 e. The van der Waals surface area contributed by atoms with Crippen molar-refractivity contribution in [3.05, 3.63) is 78.6 Å². The van der Waals surface area contributed by atoms with E-state index in [4.69, 9.17) is 8.94 Å². The molecule has 0 unspecified atom stereocenters. The summed E-state index contributed by atoms with van der Waals surface area (Å²) in [5.74, 6) is 1.38. The molecule has 136 valence electrons. The van der Waals surface area contributed by atoms with Crippen molar-refractivity contribution in [3.63, 3.8) is 0 Å². The second kappa shape index (κ2) is 7.13. The number of benzene rings is 2. The Morgan fingerprint density at radius 2 is 1.71 bits per heavy atom. The number of thiazole rings is 1. The van der Waals surface area contributed by atoms with Gasteiger partial charge in [0.2, 0.25) is 0 Å². The summed E-state index contributed by atoms with van der Waals surface area (Å²) < 4.78 is 10.8. The molecule has 3 aromatic heterocycles. The van der Waals surface area contributed by atoms with Crippen LogP contribution in [-0.2, 0) is 0 Å². The monoisotopic (exact) mass is 386 g/mol. The van der Waals surface area contributed by atoms with Crippen molar-refractivity contribution >= 4 is 22.2 Å². The number of hydrogen-bond donors (Lipinski definition) is 1. The molecular weight excluding hydrogens is 372 g/mol. The Bertz CT molecular complexity index is 1180. The Morgan fingerprint density at radius 3 is 2.50 bits per heavy atom. The quantitative estimate of drug-likeness (QED) is 0.407. The Morgan fingerprint density at radius 1 is 0.857 bits per heavy atom. The Hall–Kier alpha value is -3.71. The van der Waals surface area contributed by atoms with Crippen molar-refractivity contribution < 1.29 is 8.94 Å². The summed E-state index contributed by atoms with van der Waals surface area (Å²) in [7, 11) is 0. The predicted octanol–water partition coefficient (Wildman–Crippen LogP) is 5.86. The van der Waals surface area contributed by atoms with Crippen LogP contribution in [0.4, 0.5) is 10.8 Å². The molecule has 0 saturated carbocycles. The summed E-state index contributed by atoms with van der Waals surface area (Å²) in [5.41, 5.74) is 4.46. The van der Waals surface area contributed by atoms with E-state index in [-0.39, 0.29) is 0 Å². The predicted molar refractivity (Wildman–Crippen MR) is 108 cm³/mol. The molecule has 0 spiro atoms. The maximum absolute atomic E-state index is 5.48. The minimum absolute atomic E-state index is 0.642. The van der Waals surface area contributed by atoms with Crippen molar-refractivity contribution in [1.29, 1.82) is 0 Å². The fourth-order valence-electron chi connectivity index (χ4n) is 2.78. The maximum Gasteiger partial charge on any atom is 0.187 e. The molecule has 0 fully saturated rings. The molecule has 3 heterocycles. The van der Waals surface area contributed by atoms with Crippen LogP contribution in [0.1, 0.15) is 0 Å². The first-order valence-electron chi connectivity index (χ1n) is 8.59. The van der Waals surface area contributed by atoms with E-state index in [1.807, 2.05) is 66.0 Å². The highest BCUT2D eigenvalue weighted by Gasteiger charge is 2.12. The lowest BCUT2D eigenvalue weighted by atomic mass is 10.1. The van der Waals surface area contributed by atoms with Gasteiger partial charge in [0.05, 0.1) is 6.20 Å². The molecule has 5 rings (SSSR count). The van der Waals surface area contributed by atoms with E-state index in [0.717, 1.165) is 39.1 Å². The molecule has 0 aliphatic rings.